The van der Waals surface area contributed by atoms with E-state index in [1.165, 1.54) is 10.5 Å². The molecule has 0 amide bonds. The van der Waals surface area contributed by atoms with Gasteiger partial charge in [0.1, 0.15) is 11.5 Å². The van der Waals surface area contributed by atoms with Crippen LogP contribution in [0.5, 0.6) is 11.5 Å². The Labute approximate surface area is 130 Å². The maximum absolute atomic E-state index is 9.88. The molecular weight excluding hydrogens is 282 g/mol. The van der Waals surface area contributed by atoms with Gasteiger partial charge in [-0.3, -0.25) is 0 Å². The van der Waals surface area contributed by atoms with Crippen LogP contribution in [0.15, 0.2) is 47.4 Å². The quantitative estimate of drug-likeness (QED) is 0.792. The monoisotopic (exact) mass is 303 g/mol. The Hall–Kier alpha value is -1.65. The van der Waals surface area contributed by atoms with E-state index in [1.54, 1.807) is 31.0 Å². The minimum Gasteiger partial charge on any atom is -0.508 e. The van der Waals surface area contributed by atoms with Crippen molar-refractivity contribution in [3.8, 4) is 11.5 Å². The van der Waals surface area contributed by atoms with Gasteiger partial charge in [0.05, 0.1) is 7.11 Å². The summed E-state index contributed by atoms with van der Waals surface area (Å²) in [6, 6.07) is 14.0. The summed E-state index contributed by atoms with van der Waals surface area (Å²) < 4.78 is 5.19. The van der Waals surface area contributed by atoms with Crippen LogP contribution in [-0.2, 0) is 6.54 Å². The molecule has 0 aromatic heterocycles. The van der Waals surface area contributed by atoms with E-state index >= 15 is 0 Å². The molecule has 21 heavy (non-hydrogen) atoms. The van der Waals surface area contributed by atoms with Gasteiger partial charge in [-0.1, -0.05) is 12.1 Å². The van der Waals surface area contributed by atoms with Crippen molar-refractivity contribution in [2.75, 3.05) is 13.4 Å². The SMILES string of the molecule is COc1ccc(O)c(CNC(C)c2ccc(SC)cc2)c1. The van der Waals surface area contributed by atoms with Gasteiger partial charge in [-0.25, -0.2) is 0 Å². The molecule has 0 aliphatic rings. The van der Waals surface area contributed by atoms with Crippen molar-refractivity contribution in [3.05, 3.63) is 53.6 Å². The normalized spacial score (nSPS) is 12.1. The lowest BCUT2D eigenvalue weighted by molar-refractivity contribution is 0.409. The predicted molar refractivity (Wildman–Crippen MR) is 88.1 cm³/mol. The summed E-state index contributed by atoms with van der Waals surface area (Å²) >= 11 is 1.74. The largest absolute Gasteiger partial charge is 0.508 e. The molecule has 2 aromatic carbocycles. The first kappa shape index (κ1) is 15.7. The van der Waals surface area contributed by atoms with Gasteiger partial charge in [-0.2, -0.15) is 0 Å². The van der Waals surface area contributed by atoms with Gasteiger partial charge in [-0.15, -0.1) is 11.8 Å². The van der Waals surface area contributed by atoms with E-state index in [-0.39, 0.29) is 11.8 Å². The highest BCUT2D eigenvalue weighted by atomic mass is 32.2. The molecule has 0 fully saturated rings. The molecule has 1 atom stereocenters. The van der Waals surface area contributed by atoms with E-state index in [2.05, 4.69) is 42.8 Å². The van der Waals surface area contributed by atoms with Crippen molar-refractivity contribution >= 4 is 11.8 Å². The Kier molecular flexibility index (Phi) is 5.53. The molecule has 0 saturated carbocycles. The van der Waals surface area contributed by atoms with E-state index in [0.29, 0.717) is 6.54 Å². The summed E-state index contributed by atoms with van der Waals surface area (Å²) in [6.07, 6.45) is 2.07. The number of nitrogens with one attached hydrogen (secondary N) is 1. The molecule has 0 aliphatic heterocycles. The van der Waals surface area contributed by atoms with Gasteiger partial charge in [-0.05, 0) is 49.1 Å². The fourth-order valence-electron chi connectivity index (χ4n) is 2.10. The van der Waals surface area contributed by atoms with Crippen LogP contribution < -0.4 is 10.1 Å². The van der Waals surface area contributed by atoms with Crippen LogP contribution in [0.25, 0.3) is 0 Å². The second-order valence-electron chi connectivity index (χ2n) is 4.87. The molecular formula is C17H21NO2S. The average molecular weight is 303 g/mol. The second kappa shape index (κ2) is 7.38. The van der Waals surface area contributed by atoms with Crippen molar-refractivity contribution in [2.24, 2.45) is 0 Å². The fraction of sp³-hybridized carbons (Fsp3) is 0.294. The van der Waals surface area contributed by atoms with Gasteiger partial charge < -0.3 is 15.2 Å². The number of phenols is 1. The number of aromatic hydroxyl groups is 1. The molecule has 2 aromatic rings. The van der Waals surface area contributed by atoms with Crippen molar-refractivity contribution < 1.29 is 9.84 Å². The highest BCUT2D eigenvalue weighted by molar-refractivity contribution is 7.98. The minimum absolute atomic E-state index is 0.214. The minimum atomic E-state index is 0.214. The fourth-order valence-corrected chi connectivity index (χ4v) is 2.51. The molecule has 0 radical (unpaired) electrons. The van der Waals surface area contributed by atoms with Crippen LogP contribution in [0.1, 0.15) is 24.1 Å². The summed E-state index contributed by atoms with van der Waals surface area (Å²) in [5.74, 6) is 1.04. The summed E-state index contributed by atoms with van der Waals surface area (Å²) in [5.41, 5.74) is 2.07. The number of ether oxygens (including phenoxy) is 1. The van der Waals surface area contributed by atoms with Crippen molar-refractivity contribution in [2.45, 2.75) is 24.4 Å². The zero-order valence-electron chi connectivity index (χ0n) is 12.6. The second-order valence-corrected chi connectivity index (χ2v) is 5.75. The zero-order valence-corrected chi connectivity index (χ0v) is 13.4. The lowest BCUT2D eigenvalue weighted by Gasteiger charge is -2.15. The third kappa shape index (κ3) is 4.16. The molecule has 2 rings (SSSR count). The Bertz CT molecular complexity index is 584. The Morgan fingerprint density at radius 3 is 2.52 bits per heavy atom. The van der Waals surface area contributed by atoms with Crippen LogP contribution in [0, 0.1) is 0 Å². The number of thioether (sulfide) groups is 1. The number of phenolic OH excluding ortho intramolecular Hbond substituents is 1. The molecule has 0 heterocycles. The van der Waals surface area contributed by atoms with E-state index in [1.807, 2.05) is 6.07 Å². The number of hydrogen-bond acceptors (Lipinski definition) is 4. The summed E-state index contributed by atoms with van der Waals surface area (Å²) in [6.45, 7) is 2.71. The van der Waals surface area contributed by atoms with Crippen LogP contribution in [-0.4, -0.2) is 18.5 Å². The van der Waals surface area contributed by atoms with Gasteiger partial charge in [0.2, 0.25) is 0 Å². The maximum atomic E-state index is 9.88. The highest BCUT2D eigenvalue weighted by Gasteiger charge is 2.08. The van der Waals surface area contributed by atoms with Gasteiger partial charge in [0.25, 0.3) is 0 Å². The lowest BCUT2D eigenvalue weighted by atomic mass is 10.1. The molecule has 112 valence electrons. The predicted octanol–water partition coefficient (Wildman–Crippen LogP) is 3.97. The number of rotatable bonds is 6. The summed E-state index contributed by atoms with van der Waals surface area (Å²) in [5, 5.41) is 13.3. The van der Waals surface area contributed by atoms with Crippen LogP contribution in [0.4, 0.5) is 0 Å². The smallest absolute Gasteiger partial charge is 0.120 e. The first-order chi connectivity index (χ1) is 10.1. The van der Waals surface area contributed by atoms with Crippen LogP contribution in [0.3, 0.4) is 0 Å². The van der Waals surface area contributed by atoms with Crippen LogP contribution >= 0.6 is 11.8 Å². The standard InChI is InChI=1S/C17H21NO2S/c1-12(13-4-7-16(21-3)8-5-13)18-11-14-10-15(20-2)6-9-17(14)19/h4-10,12,18-19H,11H2,1-3H3. The Morgan fingerprint density at radius 2 is 1.90 bits per heavy atom. The van der Waals surface area contributed by atoms with Crippen LogP contribution in [0.2, 0.25) is 0 Å². The Morgan fingerprint density at radius 1 is 1.19 bits per heavy atom. The van der Waals surface area contributed by atoms with E-state index in [4.69, 9.17) is 4.74 Å². The molecule has 2 N–H and O–H groups in total. The molecule has 4 heteroatoms. The number of hydrogen-bond donors (Lipinski definition) is 2. The molecule has 0 bridgehead atoms. The third-order valence-corrected chi connectivity index (χ3v) is 4.24. The van der Waals surface area contributed by atoms with Crippen molar-refractivity contribution in [1.82, 2.24) is 5.32 Å². The molecule has 1 unspecified atom stereocenters. The molecule has 3 nitrogen and oxygen atoms in total. The maximum Gasteiger partial charge on any atom is 0.120 e. The third-order valence-electron chi connectivity index (χ3n) is 3.50. The van der Waals surface area contributed by atoms with Gasteiger partial charge in [0.15, 0.2) is 0 Å². The van der Waals surface area contributed by atoms with Gasteiger partial charge >= 0.3 is 0 Å². The van der Waals surface area contributed by atoms with Gasteiger partial charge in [0, 0.05) is 23.0 Å². The Balaban J connectivity index is 2.01. The average Bonchev–Trinajstić information content (AvgIpc) is 2.54. The summed E-state index contributed by atoms with van der Waals surface area (Å²) in [4.78, 5) is 1.26. The molecule has 0 spiro atoms. The highest BCUT2D eigenvalue weighted by Crippen LogP contribution is 2.24. The van der Waals surface area contributed by atoms with Crippen molar-refractivity contribution in [3.63, 3.8) is 0 Å². The molecule has 0 saturated heterocycles. The number of benzene rings is 2. The topological polar surface area (TPSA) is 41.5 Å². The summed E-state index contributed by atoms with van der Waals surface area (Å²) in [7, 11) is 1.62. The zero-order chi connectivity index (χ0) is 15.2. The van der Waals surface area contributed by atoms with Crippen molar-refractivity contribution in [1.29, 1.82) is 0 Å². The lowest BCUT2D eigenvalue weighted by Crippen LogP contribution is -2.18. The van der Waals surface area contributed by atoms with E-state index in [0.717, 1.165) is 11.3 Å². The van der Waals surface area contributed by atoms with E-state index < -0.39 is 0 Å². The first-order valence-corrected chi connectivity index (χ1v) is 8.09. The molecule has 0 aliphatic carbocycles. The first-order valence-electron chi connectivity index (χ1n) is 6.87. The van der Waals surface area contributed by atoms with E-state index in [9.17, 15) is 5.11 Å². The number of methoxy groups -OCH3 is 1.